The molecular weight excluding hydrogens is 353 g/mol. The molecule has 1 aromatic heterocycles. The van der Waals surface area contributed by atoms with Crippen LogP contribution in [0.4, 0.5) is 18.9 Å². The average molecular weight is 364 g/mol. The Morgan fingerprint density at radius 3 is 2.64 bits per heavy atom. The number of amides is 1. The summed E-state index contributed by atoms with van der Waals surface area (Å²) in [7, 11) is 0. The van der Waals surface area contributed by atoms with Crippen LogP contribution in [0, 0.1) is 0 Å². The van der Waals surface area contributed by atoms with Crippen molar-refractivity contribution in [1.82, 2.24) is 4.98 Å². The van der Waals surface area contributed by atoms with Gasteiger partial charge in [-0.15, -0.1) is 11.3 Å². The molecule has 1 N–H and O–H groups in total. The number of hydrogen-bond acceptors (Lipinski definition) is 4. The molecule has 3 rings (SSSR count). The number of carbonyl (C=O) groups is 1. The Hall–Kier alpha value is -2.74. The van der Waals surface area contributed by atoms with E-state index in [0.29, 0.717) is 15.1 Å². The number of carbonyl (C=O) groups excluding carboxylic acids is 1. The highest BCUT2D eigenvalue weighted by Crippen LogP contribution is 2.30. The number of anilines is 1. The number of alkyl halides is 3. The Morgan fingerprint density at radius 2 is 1.88 bits per heavy atom. The minimum Gasteiger partial charge on any atom is -0.326 e. The van der Waals surface area contributed by atoms with E-state index in [0.717, 1.165) is 12.1 Å². The van der Waals surface area contributed by atoms with E-state index in [1.165, 1.54) is 23.5 Å². The van der Waals surface area contributed by atoms with Crippen molar-refractivity contribution in [3.05, 3.63) is 69.5 Å². The quantitative estimate of drug-likeness (QED) is 0.768. The van der Waals surface area contributed by atoms with Crippen molar-refractivity contribution in [2.75, 3.05) is 5.32 Å². The number of benzene rings is 2. The number of hydrogen-bond donors (Lipinski definition) is 1. The predicted octanol–water partition coefficient (Wildman–Crippen LogP) is 3.86. The topological polar surface area (TPSA) is 59.1 Å². The minimum atomic E-state index is -4.49. The van der Waals surface area contributed by atoms with Gasteiger partial charge in [0.25, 0.3) is 5.56 Å². The Bertz CT molecular complexity index is 999. The fraction of sp³-hybridized carbons (Fsp3) is 0.118. The summed E-state index contributed by atoms with van der Waals surface area (Å²) >= 11 is 1.20. The minimum absolute atomic E-state index is 0.0351. The van der Waals surface area contributed by atoms with Crippen molar-refractivity contribution >= 4 is 33.0 Å². The van der Waals surface area contributed by atoms with Crippen LogP contribution < -0.4 is 10.9 Å². The predicted molar refractivity (Wildman–Crippen MR) is 89.7 cm³/mol. The van der Waals surface area contributed by atoms with Crippen molar-refractivity contribution < 1.29 is 18.0 Å². The monoisotopic (exact) mass is 364 g/mol. The molecule has 0 aliphatic carbocycles. The number of aromatic nitrogens is 1. The molecule has 0 bridgehead atoms. The van der Waals surface area contributed by atoms with Gasteiger partial charge in [0.1, 0.15) is 5.01 Å². The maximum atomic E-state index is 12.7. The van der Waals surface area contributed by atoms with Gasteiger partial charge in [-0.3, -0.25) is 9.59 Å². The molecule has 8 heteroatoms. The van der Waals surface area contributed by atoms with Crippen LogP contribution in [0.15, 0.2) is 53.3 Å². The van der Waals surface area contributed by atoms with Crippen LogP contribution in [0.3, 0.4) is 0 Å². The highest BCUT2D eigenvalue weighted by Gasteiger charge is 2.30. The molecule has 0 unspecified atom stereocenters. The number of nitrogens with one attached hydrogen (secondary N) is 1. The molecule has 0 atom stereocenters. The van der Waals surface area contributed by atoms with Crippen molar-refractivity contribution in [3.8, 4) is 0 Å². The molecular formula is C17H11F3N2O2S. The van der Waals surface area contributed by atoms with Crippen LogP contribution in [-0.2, 0) is 17.4 Å². The zero-order chi connectivity index (χ0) is 18.0. The largest absolute Gasteiger partial charge is 0.416 e. The molecule has 0 saturated heterocycles. The van der Waals surface area contributed by atoms with Crippen molar-refractivity contribution in [2.45, 2.75) is 12.6 Å². The molecule has 25 heavy (non-hydrogen) atoms. The highest BCUT2D eigenvalue weighted by atomic mass is 32.1. The van der Waals surface area contributed by atoms with Gasteiger partial charge in [0.05, 0.1) is 17.4 Å². The van der Waals surface area contributed by atoms with Crippen molar-refractivity contribution in [3.63, 3.8) is 0 Å². The lowest BCUT2D eigenvalue weighted by molar-refractivity contribution is -0.137. The smallest absolute Gasteiger partial charge is 0.326 e. The van der Waals surface area contributed by atoms with E-state index in [9.17, 15) is 22.8 Å². The van der Waals surface area contributed by atoms with Gasteiger partial charge in [-0.25, -0.2) is 4.98 Å². The standard InChI is InChI=1S/C17H11F3N2O2S/c18-17(19,20)10-4-3-5-11(8-10)21-14(23)9-15-22-16(24)12-6-1-2-7-13(12)25-15/h1-8H,9H2,(H,21,23). The summed E-state index contributed by atoms with van der Waals surface area (Å²) in [4.78, 5) is 27.9. The normalized spacial score (nSPS) is 11.5. The van der Waals surface area contributed by atoms with Crippen molar-refractivity contribution in [1.29, 1.82) is 0 Å². The molecule has 1 amide bonds. The summed E-state index contributed by atoms with van der Waals surface area (Å²) in [5, 5.41) is 3.16. The van der Waals surface area contributed by atoms with E-state index < -0.39 is 23.2 Å². The molecule has 0 fully saturated rings. The average Bonchev–Trinajstić information content (AvgIpc) is 2.54. The molecule has 1 heterocycles. The van der Waals surface area contributed by atoms with E-state index in [1.807, 2.05) is 0 Å². The Kier molecular flexibility index (Phi) is 4.54. The second-order valence-corrected chi connectivity index (χ2v) is 6.33. The van der Waals surface area contributed by atoms with Gasteiger partial charge in [0.15, 0.2) is 0 Å². The zero-order valence-corrected chi connectivity index (χ0v) is 13.4. The lowest BCUT2D eigenvalue weighted by Crippen LogP contribution is -2.17. The number of halogens is 3. The first-order valence-electron chi connectivity index (χ1n) is 7.19. The second kappa shape index (κ2) is 6.64. The Balaban J connectivity index is 1.78. The first-order valence-corrected chi connectivity index (χ1v) is 8.00. The Labute approximate surface area is 144 Å². The third-order valence-corrected chi connectivity index (χ3v) is 4.40. The molecule has 128 valence electrons. The molecule has 4 nitrogen and oxygen atoms in total. The first-order chi connectivity index (χ1) is 11.8. The summed E-state index contributed by atoms with van der Waals surface area (Å²) in [6.45, 7) is 0. The van der Waals surface area contributed by atoms with E-state index in [2.05, 4.69) is 10.3 Å². The fourth-order valence-electron chi connectivity index (χ4n) is 2.25. The van der Waals surface area contributed by atoms with Crippen molar-refractivity contribution in [2.24, 2.45) is 0 Å². The van der Waals surface area contributed by atoms with Gasteiger partial charge in [0.2, 0.25) is 5.91 Å². The van der Waals surface area contributed by atoms with Crippen LogP contribution in [0.5, 0.6) is 0 Å². The van der Waals surface area contributed by atoms with E-state index in [1.54, 1.807) is 24.3 Å². The molecule has 0 aliphatic heterocycles. The van der Waals surface area contributed by atoms with Crippen LogP contribution in [-0.4, -0.2) is 10.9 Å². The van der Waals surface area contributed by atoms with Gasteiger partial charge >= 0.3 is 6.18 Å². The molecule has 3 aromatic rings. The fourth-order valence-corrected chi connectivity index (χ4v) is 3.24. The number of rotatable bonds is 3. The first kappa shape index (κ1) is 17.1. The van der Waals surface area contributed by atoms with E-state index in [-0.39, 0.29) is 12.1 Å². The molecule has 0 spiro atoms. The lowest BCUT2D eigenvalue weighted by Gasteiger charge is -2.09. The van der Waals surface area contributed by atoms with Gasteiger partial charge in [-0.2, -0.15) is 13.2 Å². The summed E-state index contributed by atoms with van der Waals surface area (Å²) in [6.07, 6.45) is -4.68. The zero-order valence-electron chi connectivity index (χ0n) is 12.6. The van der Waals surface area contributed by atoms with Crippen LogP contribution in [0.2, 0.25) is 0 Å². The van der Waals surface area contributed by atoms with Gasteiger partial charge in [0, 0.05) is 10.4 Å². The number of nitrogens with zero attached hydrogens (tertiary/aromatic N) is 1. The Morgan fingerprint density at radius 1 is 1.12 bits per heavy atom. The summed E-state index contributed by atoms with van der Waals surface area (Å²) in [6, 6.07) is 11.2. The summed E-state index contributed by atoms with van der Waals surface area (Å²) in [5.41, 5.74) is -1.25. The summed E-state index contributed by atoms with van der Waals surface area (Å²) < 4.78 is 38.8. The molecule has 0 saturated carbocycles. The van der Waals surface area contributed by atoms with Crippen LogP contribution >= 0.6 is 11.3 Å². The molecule has 0 radical (unpaired) electrons. The maximum Gasteiger partial charge on any atom is 0.416 e. The second-order valence-electron chi connectivity index (χ2n) is 5.21. The third kappa shape index (κ3) is 4.03. The van der Waals surface area contributed by atoms with E-state index >= 15 is 0 Å². The van der Waals surface area contributed by atoms with Gasteiger partial charge < -0.3 is 5.32 Å². The molecule has 2 aromatic carbocycles. The van der Waals surface area contributed by atoms with Gasteiger partial charge in [-0.1, -0.05) is 18.2 Å². The van der Waals surface area contributed by atoms with Crippen LogP contribution in [0.1, 0.15) is 10.6 Å². The lowest BCUT2D eigenvalue weighted by atomic mass is 10.2. The SMILES string of the molecule is O=C(Cc1nc(=O)c2ccccc2s1)Nc1cccc(C(F)(F)F)c1. The third-order valence-electron chi connectivity index (χ3n) is 3.36. The van der Waals surface area contributed by atoms with E-state index in [4.69, 9.17) is 0 Å². The molecule has 0 aliphatic rings. The maximum absolute atomic E-state index is 12.7. The number of fused-ring (bicyclic) bond motifs is 1. The van der Waals surface area contributed by atoms with Gasteiger partial charge in [-0.05, 0) is 30.3 Å². The van der Waals surface area contributed by atoms with Crippen LogP contribution in [0.25, 0.3) is 10.1 Å². The highest BCUT2D eigenvalue weighted by molar-refractivity contribution is 7.18. The summed E-state index contributed by atoms with van der Waals surface area (Å²) in [5.74, 6) is -0.544.